The van der Waals surface area contributed by atoms with E-state index >= 15 is 0 Å². The van der Waals surface area contributed by atoms with Crippen molar-refractivity contribution in [3.05, 3.63) is 88.0 Å². The minimum absolute atomic E-state index is 0.262. The van der Waals surface area contributed by atoms with Gasteiger partial charge < -0.3 is 9.84 Å². The van der Waals surface area contributed by atoms with Gasteiger partial charge in [0.2, 0.25) is 0 Å². The van der Waals surface area contributed by atoms with Crippen molar-refractivity contribution < 1.29 is 9.32 Å². The van der Waals surface area contributed by atoms with Crippen molar-refractivity contribution in [2.24, 2.45) is 0 Å². The number of aryl methyl sites for hydroxylation is 1. The Hall–Kier alpha value is -3.26. The number of aromatic nitrogens is 4. The maximum atomic E-state index is 13.0. The lowest BCUT2D eigenvalue weighted by Crippen LogP contribution is -2.31. The lowest BCUT2D eigenvalue weighted by Gasteiger charge is -2.17. The summed E-state index contributed by atoms with van der Waals surface area (Å²) in [6, 6.07) is 11.3. The molecule has 8 heteroatoms. The Morgan fingerprint density at radius 2 is 2.18 bits per heavy atom. The molecule has 0 aliphatic heterocycles. The largest absolute Gasteiger partial charge is 0.361 e. The number of pyridine rings is 1. The van der Waals surface area contributed by atoms with Gasteiger partial charge in [0.05, 0.1) is 18.3 Å². The minimum atomic E-state index is -0.286. The molecular formula is C20H19N5O2S. The van der Waals surface area contributed by atoms with Gasteiger partial charge in [0.15, 0.2) is 5.69 Å². The fourth-order valence-electron chi connectivity index (χ4n) is 2.98. The van der Waals surface area contributed by atoms with Crippen LogP contribution >= 0.6 is 11.3 Å². The Labute approximate surface area is 166 Å². The molecule has 4 aromatic heterocycles. The monoisotopic (exact) mass is 393 g/mol. The molecule has 7 nitrogen and oxygen atoms in total. The van der Waals surface area contributed by atoms with Crippen LogP contribution in [0.15, 0.2) is 64.9 Å². The van der Waals surface area contributed by atoms with Crippen LogP contribution in [0.25, 0.3) is 0 Å². The molecular weight excluding hydrogens is 374 g/mol. The molecule has 1 N–H and O–H groups in total. The molecule has 4 heterocycles. The third kappa shape index (κ3) is 4.01. The molecule has 0 spiro atoms. The molecule has 1 amide bonds. The zero-order valence-electron chi connectivity index (χ0n) is 15.3. The maximum absolute atomic E-state index is 13.0. The summed E-state index contributed by atoms with van der Waals surface area (Å²) in [4.78, 5) is 18.6. The summed E-state index contributed by atoms with van der Waals surface area (Å²) in [5.41, 5.74) is 1.80. The van der Waals surface area contributed by atoms with Gasteiger partial charge >= 0.3 is 0 Å². The number of carbonyl (C=O) groups is 1. The third-order valence-corrected chi connectivity index (χ3v) is 5.31. The zero-order valence-corrected chi connectivity index (χ0v) is 16.1. The first kappa shape index (κ1) is 18.1. The quantitative estimate of drug-likeness (QED) is 0.520. The fraction of sp³-hybridized carbons (Fsp3) is 0.200. The first-order valence-electron chi connectivity index (χ1n) is 8.87. The summed E-state index contributed by atoms with van der Waals surface area (Å²) in [5, 5.41) is 13.3. The highest BCUT2D eigenvalue weighted by atomic mass is 32.1. The molecule has 28 heavy (non-hydrogen) atoms. The average molecular weight is 393 g/mol. The lowest BCUT2D eigenvalue weighted by molar-refractivity contribution is 0.0925. The van der Waals surface area contributed by atoms with E-state index in [4.69, 9.17) is 4.52 Å². The van der Waals surface area contributed by atoms with Gasteiger partial charge in [0.25, 0.3) is 5.91 Å². The highest BCUT2D eigenvalue weighted by Gasteiger charge is 2.24. The van der Waals surface area contributed by atoms with E-state index in [1.807, 2.05) is 41.9 Å². The molecule has 0 aliphatic carbocycles. The molecule has 1 unspecified atom stereocenters. The van der Waals surface area contributed by atoms with Crippen molar-refractivity contribution in [3.63, 3.8) is 0 Å². The van der Waals surface area contributed by atoms with E-state index in [2.05, 4.69) is 26.6 Å². The van der Waals surface area contributed by atoms with Crippen molar-refractivity contribution in [3.8, 4) is 0 Å². The van der Waals surface area contributed by atoms with Crippen LogP contribution in [0.3, 0.4) is 0 Å². The van der Waals surface area contributed by atoms with Gasteiger partial charge in [-0.25, -0.2) is 0 Å². The van der Waals surface area contributed by atoms with Crippen molar-refractivity contribution in [2.45, 2.75) is 25.9 Å². The smallest absolute Gasteiger partial charge is 0.274 e. The van der Waals surface area contributed by atoms with Gasteiger partial charge in [0, 0.05) is 35.5 Å². The van der Waals surface area contributed by atoms with E-state index in [-0.39, 0.29) is 17.6 Å². The molecule has 0 saturated heterocycles. The van der Waals surface area contributed by atoms with Crippen molar-refractivity contribution in [1.82, 2.24) is 25.2 Å². The van der Waals surface area contributed by atoms with Crippen molar-refractivity contribution >= 4 is 17.2 Å². The van der Waals surface area contributed by atoms with Crippen LogP contribution in [-0.2, 0) is 13.0 Å². The normalized spacial score (nSPS) is 12.0. The molecule has 0 aromatic carbocycles. The number of amides is 1. The first-order valence-corrected chi connectivity index (χ1v) is 9.75. The number of rotatable bonds is 7. The highest BCUT2D eigenvalue weighted by molar-refractivity contribution is 7.09. The lowest BCUT2D eigenvalue weighted by atomic mass is 10.1. The molecule has 4 aromatic rings. The molecule has 1 atom stereocenters. The second-order valence-corrected chi connectivity index (χ2v) is 7.37. The summed E-state index contributed by atoms with van der Waals surface area (Å²) >= 11 is 1.65. The molecule has 0 bridgehead atoms. The summed E-state index contributed by atoms with van der Waals surface area (Å²) in [7, 11) is 0. The number of carbonyl (C=O) groups excluding carboxylic acids is 1. The fourth-order valence-corrected chi connectivity index (χ4v) is 3.73. The predicted molar refractivity (Wildman–Crippen MR) is 105 cm³/mol. The van der Waals surface area contributed by atoms with Crippen LogP contribution in [0.1, 0.15) is 38.4 Å². The molecule has 0 aliphatic rings. The Bertz CT molecular complexity index is 1030. The molecule has 142 valence electrons. The molecule has 0 saturated carbocycles. The van der Waals surface area contributed by atoms with E-state index in [0.29, 0.717) is 18.7 Å². The summed E-state index contributed by atoms with van der Waals surface area (Å²) in [5.74, 6) is 0.319. The van der Waals surface area contributed by atoms with Crippen LogP contribution < -0.4 is 5.32 Å². The van der Waals surface area contributed by atoms with Gasteiger partial charge in [-0.15, -0.1) is 11.3 Å². The minimum Gasteiger partial charge on any atom is -0.361 e. The van der Waals surface area contributed by atoms with E-state index in [1.54, 1.807) is 35.3 Å². The summed E-state index contributed by atoms with van der Waals surface area (Å²) in [6.07, 6.45) is 5.92. The van der Waals surface area contributed by atoms with Crippen molar-refractivity contribution in [2.75, 3.05) is 0 Å². The van der Waals surface area contributed by atoms with E-state index < -0.39 is 0 Å². The van der Waals surface area contributed by atoms with Crippen LogP contribution in [-0.4, -0.2) is 25.8 Å². The first-order chi connectivity index (χ1) is 13.7. The number of nitrogens with zero attached hydrogens (tertiary/aromatic N) is 4. The van der Waals surface area contributed by atoms with Crippen LogP contribution in [0.2, 0.25) is 0 Å². The summed E-state index contributed by atoms with van der Waals surface area (Å²) < 4.78 is 7.03. The zero-order chi connectivity index (χ0) is 19.3. The predicted octanol–water partition coefficient (Wildman–Crippen LogP) is 3.40. The Kier molecular flexibility index (Phi) is 5.29. The van der Waals surface area contributed by atoms with Crippen LogP contribution in [0.4, 0.5) is 0 Å². The summed E-state index contributed by atoms with van der Waals surface area (Å²) in [6.45, 7) is 2.22. The van der Waals surface area contributed by atoms with Crippen LogP contribution in [0.5, 0.6) is 0 Å². The van der Waals surface area contributed by atoms with Gasteiger partial charge in [-0.3, -0.25) is 14.5 Å². The second kappa shape index (κ2) is 8.18. The standard InChI is InChI=1S/C20H19N5O2S/c1-14-16(13-25-10-5-9-22-25)19(24-27-14)20(26)23-18(12-15-6-4-11-28-15)17-7-2-3-8-21-17/h2-11,18H,12-13H2,1H3,(H,23,26). The topological polar surface area (TPSA) is 85.8 Å². The van der Waals surface area contributed by atoms with Gasteiger partial charge in [-0.05, 0) is 36.6 Å². The van der Waals surface area contributed by atoms with Gasteiger partial charge in [-0.1, -0.05) is 17.3 Å². The number of thiophene rings is 1. The third-order valence-electron chi connectivity index (χ3n) is 4.41. The van der Waals surface area contributed by atoms with Crippen LogP contribution in [0, 0.1) is 6.92 Å². The van der Waals surface area contributed by atoms with Gasteiger partial charge in [-0.2, -0.15) is 5.10 Å². The number of hydrogen-bond donors (Lipinski definition) is 1. The molecule has 0 fully saturated rings. The van der Waals surface area contributed by atoms with E-state index in [9.17, 15) is 4.79 Å². The Balaban J connectivity index is 1.58. The van der Waals surface area contributed by atoms with Crippen molar-refractivity contribution in [1.29, 1.82) is 0 Å². The average Bonchev–Trinajstić information content (AvgIpc) is 3.46. The molecule has 0 radical (unpaired) electrons. The molecule has 4 rings (SSSR count). The van der Waals surface area contributed by atoms with E-state index in [0.717, 1.165) is 11.3 Å². The Morgan fingerprint density at radius 1 is 1.25 bits per heavy atom. The Morgan fingerprint density at radius 3 is 2.89 bits per heavy atom. The SMILES string of the molecule is Cc1onc(C(=O)NC(Cc2cccs2)c2ccccn2)c1Cn1cccn1. The highest BCUT2D eigenvalue weighted by Crippen LogP contribution is 2.22. The number of nitrogens with one attached hydrogen (secondary N) is 1. The maximum Gasteiger partial charge on any atom is 0.274 e. The van der Waals surface area contributed by atoms with E-state index in [1.165, 1.54) is 4.88 Å². The van der Waals surface area contributed by atoms with Gasteiger partial charge in [0.1, 0.15) is 5.76 Å². The second-order valence-electron chi connectivity index (χ2n) is 6.33. The number of hydrogen-bond acceptors (Lipinski definition) is 6.